The topological polar surface area (TPSA) is 57.3 Å². The van der Waals surface area contributed by atoms with Crippen LogP contribution >= 0.6 is 11.6 Å². The number of hydrogen-bond donors (Lipinski definition) is 1. The maximum atomic E-state index is 6.38. The van der Waals surface area contributed by atoms with Crippen LogP contribution in [0.1, 0.15) is 35.2 Å². The average molecular weight is 502 g/mol. The molecule has 2 aliphatic heterocycles. The van der Waals surface area contributed by atoms with Crippen molar-refractivity contribution in [2.45, 2.75) is 45.8 Å². The number of nitrogens with one attached hydrogen (secondary N) is 1. The van der Waals surface area contributed by atoms with E-state index in [1.165, 1.54) is 27.8 Å². The van der Waals surface area contributed by atoms with Crippen molar-refractivity contribution in [3.05, 3.63) is 70.0 Å². The molecule has 1 saturated heterocycles. The third kappa shape index (κ3) is 4.12. The highest BCUT2D eigenvalue weighted by molar-refractivity contribution is 6.30. The summed E-state index contributed by atoms with van der Waals surface area (Å²) >= 11 is 6.38. The predicted octanol–water partition coefficient (Wildman–Crippen LogP) is 6.07. The fourth-order valence-corrected chi connectivity index (χ4v) is 5.92. The van der Waals surface area contributed by atoms with Gasteiger partial charge in [0.2, 0.25) is 0 Å². The normalized spacial score (nSPS) is 16.6. The molecule has 1 fully saturated rings. The number of anilines is 2. The van der Waals surface area contributed by atoms with Crippen LogP contribution in [0.2, 0.25) is 5.02 Å². The Kier molecular flexibility index (Phi) is 6.10. The Hall–Kier alpha value is -3.09. The van der Waals surface area contributed by atoms with Crippen LogP contribution in [0.5, 0.6) is 0 Å². The summed E-state index contributed by atoms with van der Waals surface area (Å²) in [6.07, 6.45) is 5.28. The smallest absolute Gasteiger partial charge is 0.162 e. The third-order valence-corrected chi connectivity index (χ3v) is 8.00. The first-order valence-electron chi connectivity index (χ1n) is 12.8. The standard InChI is InChI=1S/C29H32ClN5O/c1-18-7-8-20(30)15-26(18)35-14-11-24-23(17-35)29(34-12-9-21(36-3)10-13-34)33-28(32-24)22-5-4-6-25-27(22)19(2)16-31-25/h4-8,15-16,21,31H,9-14,17H2,1-3H3. The lowest BCUT2D eigenvalue weighted by molar-refractivity contribution is 0.0817. The molecule has 0 atom stereocenters. The SMILES string of the molecule is COC1CCN(c2nc(-c3cccc4[nH]cc(C)c34)nc3c2CN(c2cc(Cl)ccc2C)CC3)CC1. The number of methoxy groups -OCH3 is 1. The summed E-state index contributed by atoms with van der Waals surface area (Å²) in [7, 11) is 1.82. The molecule has 0 aliphatic carbocycles. The lowest BCUT2D eigenvalue weighted by Crippen LogP contribution is -2.40. The summed E-state index contributed by atoms with van der Waals surface area (Å²) in [6.45, 7) is 7.85. The molecule has 2 aromatic carbocycles. The maximum Gasteiger partial charge on any atom is 0.162 e. The van der Waals surface area contributed by atoms with E-state index < -0.39 is 0 Å². The molecule has 0 spiro atoms. The second-order valence-corrected chi connectivity index (χ2v) is 10.5. The van der Waals surface area contributed by atoms with Gasteiger partial charge in [0.25, 0.3) is 0 Å². The van der Waals surface area contributed by atoms with Gasteiger partial charge < -0.3 is 19.5 Å². The second kappa shape index (κ2) is 9.41. The molecule has 4 heterocycles. The third-order valence-electron chi connectivity index (χ3n) is 7.77. The minimum absolute atomic E-state index is 0.320. The molecular weight excluding hydrogens is 470 g/mol. The van der Waals surface area contributed by atoms with E-state index in [1.54, 1.807) is 0 Å². The van der Waals surface area contributed by atoms with Gasteiger partial charge in [0.1, 0.15) is 5.82 Å². The fourth-order valence-electron chi connectivity index (χ4n) is 5.75. The van der Waals surface area contributed by atoms with Gasteiger partial charge in [-0.1, -0.05) is 29.8 Å². The first kappa shape index (κ1) is 23.3. The number of hydrogen-bond acceptors (Lipinski definition) is 5. The largest absolute Gasteiger partial charge is 0.381 e. The van der Waals surface area contributed by atoms with Crippen molar-refractivity contribution < 1.29 is 4.74 Å². The summed E-state index contributed by atoms with van der Waals surface area (Å²) in [5.74, 6) is 1.89. The van der Waals surface area contributed by atoms with Crippen molar-refractivity contribution in [1.29, 1.82) is 0 Å². The lowest BCUT2D eigenvalue weighted by atomic mass is 10.0. The molecule has 7 heteroatoms. The Morgan fingerprint density at radius 1 is 1.00 bits per heavy atom. The highest BCUT2D eigenvalue weighted by atomic mass is 35.5. The van der Waals surface area contributed by atoms with E-state index in [0.717, 1.165) is 78.9 Å². The summed E-state index contributed by atoms with van der Waals surface area (Å²) in [4.78, 5) is 18.7. The highest BCUT2D eigenvalue weighted by Crippen LogP contribution is 2.36. The van der Waals surface area contributed by atoms with Gasteiger partial charge in [0, 0.05) is 78.6 Å². The van der Waals surface area contributed by atoms with Crippen molar-refractivity contribution in [1.82, 2.24) is 15.0 Å². The van der Waals surface area contributed by atoms with E-state index in [1.807, 2.05) is 13.2 Å². The van der Waals surface area contributed by atoms with Gasteiger partial charge in [-0.05, 0) is 56.0 Å². The van der Waals surface area contributed by atoms with Crippen molar-refractivity contribution >= 4 is 34.0 Å². The zero-order chi connectivity index (χ0) is 24.8. The fraction of sp³-hybridized carbons (Fsp3) is 0.379. The number of benzene rings is 2. The number of H-pyrrole nitrogens is 1. The van der Waals surface area contributed by atoms with Gasteiger partial charge in [-0.25, -0.2) is 9.97 Å². The number of aryl methyl sites for hydroxylation is 2. The zero-order valence-corrected chi connectivity index (χ0v) is 21.9. The molecule has 0 radical (unpaired) electrons. The van der Waals surface area contributed by atoms with E-state index in [2.05, 4.69) is 65.2 Å². The molecule has 36 heavy (non-hydrogen) atoms. The van der Waals surface area contributed by atoms with Crippen LogP contribution in [0.25, 0.3) is 22.3 Å². The minimum Gasteiger partial charge on any atom is -0.381 e. The lowest BCUT2D eigenvalue weighted by Gasteiger charge is -2.37. The zero-order valence-electron chi connectivity index (χ0n) is 21.1. The summed E-state index contributed by atoms with van der Waals surface area (Å²) in [5.41, 5.74) is 8.24. The van der Waals surface area contributed by atoms with E-state index >= 15 is 0 Å². The number of aromatic nitrogens is 3. The Labute approximate surface area is 217 Å². The number of piperidine rings is 1. The molecule has 1 N–H and O–H groups in total. The van der Waals surface area contributed by atoms with Gasteiger partial charge in [-0.3, -0.25) is 0 Å². The number of halogens is 1. The van der Waals surface area contributed by atoms with Crippen LogP contribution in [0.15, 0.2) is 42.6 Å². The molecule has 0 bridgehead atoms. The first-order chi connectivity index (χ1) is 17.5. The quantitative estimate of drug-likeness (QED) is 0.367. The summed E-state index contributed by atoms with van der Waals surface area (Å²) in [5, 5.41) is 1.97. The van der Waals surface area contributed by atoms with Crippen molar-refractivity contribution in [3.63, 3.8) is 0 Å². The number of nitrogens with zero attached hydrogens (tertiary/aromatic N) is 4. The molecule has 186 valence electrons. The molecule has 2 aromatic heterocycles. The number of fused-ring (bicyclic) bond motifs is 2. The van der Waals surface area contributed by atoms with Crippen LogP contribution in [-0.2, 0) is 17.7 Å². The van der Waals surface area contributed by atoms with Crippen molar-refractivity contribution in [2.24, 2.45) is 0 Å². The molecule has 0 amide bonds. The summed E-state index contributed by atoms with van der Waals surface area (Å²) in [6, 6.07) is 12.5. The molecule has 0 saturated carbocycles. The van der Waals surface area contributed by atoms with E-state index in [4.69, 9.17) is 26.3 Å². The molecule has 0 unspecified atom stereocenters. The van der Waals surface area contributed by atoms with Crippen molar-refractivity contribution in [3.8, 4) is 11.4 Å². The predicted molar refractivity (Wildman–Crippen MR) is 147 cm³/mol. The van der Waals surface area contributed by atoms with Crippen LogP contribution in [0.3, 0.4) is 0 Å². The second-order valence-electron chi connectivity index (χ2n) is 10.0. The Morgan fingerprint density at radius 2 is 1.83 bits per heavy atom. The average Bonchev–Trinajstić information content (AvgIpc) is 3.30. The van der Waals surface area contributed by atoms with Gasteiger partial charge in [-0.2, -0.15) is 0 Å². The Bertz CT molecular complexity index is 1420. The van der Waals surface area contributed by atoms with Crippen LogP contribution in [-0.4, -0.2) is 47.8 Å². The van der Waals surface area contributed by atoms with Crippen LogP contribution in [0.4, 0.5) is 11.5 Å². The molecule has 4 aromatic rings. The highest BCUT2D eigenvalue weighted by Gasteiger charge is 2.29. The van der Waals surface area contributed by atoms with E-state index in [0.29, 0.717) is 6.10 Å². The Morgan fingerprint density at radius 3 is 2.64 bits per heavy atom. The maximum absolute atomic E-state index is 6.38. The van der Waals surface area contributed by atoms with Crippen LogP contribution < -0.4 is 9.80 Å². The number of ether oxygens (including phenoxy) is 1. The minimum atomic E-state index is 0.320. The van der Waals surface area contributed by atoms with Crippen LogP contribution in [0, 0.1) is 13.8 Å². The number of rotatable bonds is 4. The number of aromatic amines is 1. The van der Waals surface area contributed by atoms with Crippen molar-refractivity contribution in [2.75, 3.05) is 36.5 Å². The first-order valence-corrected chi connectivity index (χ1v) is 13.2. The van der Waals surface area contributed by atoms with E-state index in [-0.39, 0.29) is 0 Å². The molecule has 6 nitrogen and oxygen atoms in total. The van der Waals surface area contributed by atoms with Gasteiger partial charge in [0.05, 0.1) is 11.8 Å². The van der Waals surface area contributed by atoms with Gasteiger partial charge >= 0.3 is 0 Å². The van der Waals surface area contributed by atoms with Gasteiger partial charge in [-0.15, -0.1) is 0 Å². The molecular formula is C29H32ClN5O. The monoisotopic (exact) mass is 501 g/mol. The molecule has 6 rings (SSSR count). The summed E-state index contributed by atoms with van der Waals surface area (Å²) < 4.78 is 5.65. The molecule has 2 aliphatic rings. The van der Waals surface area contributed by atoms with E-state index in [9.17, 15) is 0 Å². The van der Waals surface area contributed by atoms with Gasteiger partial charge in [0.15, 0.2) is 5.82 Å². The Balaban J connectivity index is 1.46.